The summed E-state index contributed by atoms with van der Waals surface area (Å²) >= 11 is 0. The third-order valence-corrected chi connectivity index (χ3v) is 4.86. The molecule has 3 rings (SSSR count). The topological polar surface area (TPSA) is 47.6 Å². The molecule has 144 valence electrons. The zero-order valence-corrected chi connectivity index (χ0v) is 16.5. The first kappa shape index (κ1) is 19.3. The lowest BCUT2D eigenvalue weighted by atomic mass is 10.1. The molecule has 0 saturated heterocycles. The predicted octanol–water partition coefficient (Wildman–Crippen LogP) is 5.42. The Kier molecular flexibility index (Phi) is 6.38. The predicted molar refractivity (Wildman–Crippen MR) is 109 cm³/mol. The van der Waals surface area contributed by atoms with Gasteiger partial charge in [-0.05, 0) is 93.5 Å². The van der Waals surface area contributed by atoms with Crippen LogP contribution in [0.4, 0.5) is 5.69 Å². The van der Waals surface area contributed by atoms with E-state index in [1.54, 1.807) is 0 Å². The lowest BCUT2D eigenvalue weighted by Crippen LogP contribution is -2.32. The smallest absolute Gasteiger partial charge is 0.265 e. The van der Waals surface area contributed by atoms with Gasteiger partial charge in [0.1, 0.15) is 11.5 Å². The van der Waals surface area contributed by atoms with Crippen molar-refractivity contribution >= 4 is 11.6 Å². The van der Waals surface area contributed by atoms with E-state index in [0.717, 1.165) is 41.2 Å². The second-order valence-corrected chi connectivity index (χ2v) is 7.38. The first-order valence-corrected chi connectivity index (χ1v) is 9.86. The van der Waals surface area contributed by atoms with Gasteiger partial charge in [0.05, 0.1) is 6.10 Å². The van der Waals surface area contributed by atoms with Crippen LogP contribution in [0.25, 0.3) is 0 Å². The summed E-state index contributed by atoms with van der Waals surface area (Å²) < 4.78 is 11.9. The van der Waals surface area contributed by atoms with Crippen molar-refractivity contribution in [1.29, 1.82) is 0 Å². The molecule has 1 saturated carbocycles. The van der Waals surface area contributed by atoms with E-state index >= 15 is 0 Å². The van der Waals surface area contributed by atoms with E-state index in [1.807, 2.05) is 57.2 Å². The lowest BCUT2D eigenvalue weighted by molar-refractivity contribution is -0.122. The molecule has 1 amide bonds. The molecule has 0 radical (unpaired) electrons. The van der Waals surface area contributed by atoms with E-state index < -0.39 is 6.10 Å². The maximum Gasteiger partial charge on any atom is 0.265 e. The summed E-state index contributed by atoms with van der Waals surface area (Å²) in [5.74, 6) is 1.45. The van der Waals surface area contributed by atoms with E-state index in [-0.39, 0.29) is 5.91 Å². The van der Waals surface area contributed by atoms with Gasteiger partial charge in [-0.1, -0.05) is 13.0 Å². The van der Waals surface area contributed by atoms with Gasteiger partial charge in [0, 0.05) is 5.69 Å². The fourth-order valence-electron chi connectivity index (χ4n) is 3.53. The quantitative estimate of drug-likeness (QED) is 0.711. The SMILES string of the molecule is CCC(Oc1cc(C)cc(C)c1)C(=O)Nc1ccc(OC2CCCC2)cc1. The molecular formula is C23H29NO3. The van der Waals surface area contributed by atoms with Gasteiger partial charge in [-0.2, -0.15) is 0 Å². The first-order chi connectivity index (χ1) is 13.0. The zero-order valence-electron chi connectivity index (χ0n) is 16.5. The summed E-state index contributed by atoms with van der Waals surface area (Å²) in [5.41, 5.74) is 3.00. The Labute approximate surface area is 161 Å². The van der Waals surface area contributed by atoms with Crippen LogP contribution in [0, 0.1) is 13.8 Å². The van der Waals surface area contributed by atoms with Crippen LogP contribution in [0.3, 0.4) is 0 Å². The van der Waals surface area contributed by atoms with Crippen molar-refractivity contribution in [2.24, 2.45) is 0 Å². The summed E-state index contributed by atoms with van der Waals surface area (Å²) in [6, 6.07) is 13.6. The third kappa shape index (κ3) is 5.49. The molecule has 27 heavy (non-hydrogen) atoms. The molecule has 1 aliphatic rings. The zero-order chi connectivity index (χ0) is 19.2. The Morgan fingerprint density at radius 2 is 1.67 bits per heavy atom. The standard InChI is InChI=1S/C23H29NO3/c1-4-22(27-21-14-16(2)13-17(3)15-21)23(25)24-18-9-11-20(12-10-18)26-19-7-5-6-8-19/h9-15,19,22H,4-8H2,1-3H3,(H,24,25). The monoisotopic (exact) mass is 367 g/mol. The van der Waals surface area contributed by atoms with Gasteiger partial charge in [0.2, 0.25) is 0 Å². The van der Waals surface area contributed by atoms with Crippen molar-refractivity contribution in [2.45, 2.75) is 65.1 Å². The highest BCUT2D eigenvalue weighted by atomic mass is 16.5. The minimum Gasteiger partial charge on any atom is -0.490 e. The number of carbonyl (C=O) groups is 1. The Morgan fingerprint density at radius 1 is 1.04 bits per heavy atom. The van der Waals surface area contributed by atoms with Crippen LogP contribution in [-0.2, 0) is 4.79 Å². The van der Waals surface area contributed by atoms with Crippen LogP contribution in [0.2, 0.25) is 0 Å². The number of nitrogens with one attached hydrogen (secondary N) is 1. The number of rotatable bonds is 7. The molecule has 1 N–H and O–H groups in total. The molecule has 1 fully saturated rings. The number of hydrogen-bond acceptors (Lipinski definition) is 3. The van der Waals surface area contributed by atoms with Crippen molar-refractivity contribution in [3.8, 4) is 11.5 Å². The van der Waals surface area contributed by atoms with Crippen molar-refractivity contribution in [2.75, 3.05) is 5.32 Å². The van der Waals surface area contributed by atoms with Crippen molar-refractivity contribution in [3.63, 3.8) is 0 Å². The number of anilines is 1. The molecule has 0 bridgehead atoms. The summed E-state index contributed by atoms with van der Waals surface area (Å²) in [5, 5.41) is 2.94. The molecule has 0 aliphatic heterocycles. The van der Waals surface area contributed by atoms with Crippen LogP contribution >= 0.6 is 0 Å². The molecule has 1 unspecified atom stereocenters. The number of hydrogen-bond donors (Lipinski definition) is 1. The average molecular weight is 367 g/mol. The molecule has 4 nitrogen and oxygen atoms in total. The van der Waals surface area contributed by atoms with Gasteiger partial charge in [-0.15, -0.1) is 0 Å². The van der Waals surface area contributed by atoms with Crippen molar-refractivity contribution in [1.82, 2.24) is 0 Å². The fraction of sp³-hybridized carbons (Fsp3) is 0.435. The van der Waals surface area contributed by atoms with Gasteiger partial charge in [-0.3, -0.25) is 4.79 Å². The minimum absolute atomic E-state index is 0.138. The average Bonchev–Trinajstić information content (AvgIpc) is 3.13. The summed E-state index contributed by atoms with van der Waals surface area (Å²) in [6.45, 7) is 6.00. The highest BCUT2D eigenvalue weighted by Gasteiger charge is 2.19. The molecule has 1 aliphatic carbocycles. The molecule has 2 aromatic carbocycles. The van der Waals surface area contributed by atoms with Gasteiger partial charge >= 0.3 is 0 Å². The second-order valence-electron chi connectivity index (χ2n) is 7.38. The van der Waals surface area contributed by atoms with E-state index in [1.165, 1.54) is 12.8 Å². The largest absolute Gasteiger partial charge is 0.490 e. The number of carbonyl (C=O) groups excluding carboxylic acids is 1. The van der Waals surface area contributed by atoms with E-state index in [4.69, 9.17) is 9.47 Å². The molecule has 0 aromatic heterocycles. The van der Waals surface area contributed by atoms with Crippen molar-refractivity contribution in [3.05, 3.63) is 53.6 Å². The molecule has 0 heterocycles. The minimum atomic E-state index is -0.527. The number of benzene rings is 2. The molecular weight excluding hydrogens is 338 g/mol. The first-order valence-electron chi connectivity index (χ1n) is 9.86. The number of amides is 1. The van der Waals surface area contributed by atoms with E-state index in [2.05, 4.69) is 11.4 Å². The van der Waals surface area contributed by atoms with Crippen LogP contribution in [-0.4, -0.2) is 18.1 Å². The van der Waals surface area contributed by atoms with Crippen LogP contribution < -0.4 is 14.8 Å². The van der Waals surface area contributed by atoms with Crippen molar-refractivity contribution < 1.29 is 14.3 Å². The highest BCUT2D eigenvalue weighted by Crippen LogP contribution is 2.25. The van der Waals surface area contributed by atoms with Crippen LogP contribution in [0.15, 0.2) is 42.5 Å². The van der Waals surface area contributed by atoms with Crippen LogP contribution in [0.5, 0.6) is 11.5 Å². The molecule has 2 aromatic rings. The summed E-state index contributed by atoms with van der Waals surface area (Å²) in [7, 11) is 0. The Balaban J connectivity index is 1.58. The molecule has 0 spiro atoms. The Hall–Kier alpha value is -2.49. The van der Waals surface area contributed by atoms with Gasteiger partial charge in [0.25, 0.3) is 5.91 Å². The number of ether oxygens (including phenoxy) is 2. The second kappa shape index (κ2) is 8.94. The van der Waals surface area contributed by atoms with Gasteiger partial charge < -0.3 is 14.8 Å². The van der Waals surface area contributed by atoms with E-state index in [9.17, 15) is 4.79 Å². The van der Waals surface area contributed by atoms with Gasteiger partial charge in [-0.25, -0.2) is 0 Å². The molecule has 4 heteroatoms. The highest BCUT2D eigenvalue weighted by molar-refractivity contribution is 5.94. The maximum atomic E-state index is 12.6. The lowest BCUT2D eigenvalue weighted by Gasteiger charge is -2.18. The summed E-state index contributed by atoms with van der Waals surface area (Å²) in [4.78, 5) is 12.6. The normalized spacial score (nSPS) is 15.4. The Morgan fingerprint density at radius 3 is 2.26 bits per heavy atom. The van der Waals surface area contributed by atoms with Crippen LogP contribution in [0.1, 0.15) is 50.2 Å². The number of aryl methyl sites for hydroxylation is 2. The maximum absolute atomic E-state index is 12.6. The van der Waals surface area contributed by atoms with E-state index in [0.29, 0.717) is 12.5 Å². The summed E-state index contributed by atoms with van der Waals surface area (Å²) in [6.07, 6.45) is 5.16. The molecule has 1 atom stereocenters. The third-order valence-electron chi connectivity index (χ3n) is 4.86. The Bertz CT molecular complexity index is 743. The van der Waals surface area contributed by atoms with Gasteiger partial charge in [0.15, 0.2) is 6.10 Å². The fourth-order valence-corrected chi connectivity index (χ4v) is 3.53.